The molecule has 1 amide bonds. The van der Waals surface area contributed by atoms with E-state index in [0.29, 0.717) is 24.6 Å². The number of ether oxygens (including phenoxy) is 1. The molecule has 29 heavy (non-hydrogen) atoms. The van der Waals surface area contributed by atoms with Gasteiger partial charge in [-0.25, -0.2) is 4.98 Å². The zero-order chi connectivity index (χ0) is 20.2. The fourth-order valence-electron chi connectivity index (χ4n) is 3.57. The predicted octanol–water partition coefficient (Wildman–Crippen LogP) is 4.68. The molecule has 2 aromatic heterocycles. The van der Waals surface area contributed by atoms with Crippen LogP contribution in [0.25, 0.3) is 10.6 Å². The van der Waals surface area contributed by atoms with Gasteiger partial charge in [-0.3, -0.25) is 9.78 Å². The van der Waals surface area contributed by atoms with Gasteiger partial charge in [0.25, 0.3) is 5.91 Å². The van der Waals surface area contributed by atoms with E-state index in [9.17, 15) is 4.79 Å². The molecule has 0 N–H and O–H groups in total. The molecule has 0 spiro atoms. The summed E-state index contributed by atoms with van der Waals surface area (Å²) in [4.78, 5) is 24.9. The van der Waals surface area contributed by atoms with Gasteiger partial charge in [0.05, 0.1) is 18.8 Å². The third-order valence-corrected chi connectivity index (χ3v) is 6.28. The van der Waals surface area contributed by atoms with Crippen molar-refractivity contribution in [3.63, 3.8) is 0 Å². The van der Waals surface area contributed by atoms with Crippen LogP contribution in [0.15, 0.2) is 48.7 Å². The van der Waals surface area contributed by atoms with Crippen LogP contribution in [-0.2, 0) is 11.2 Å². The number of hydrogen-bond donors (Lipinski definition) is 0. The van der Waals surface area contributed by atoms with Crippen molar-refractivity contribution in [3.05, 3.63) is 70.5 Å². The van der Waals surface area contributed by atoms with Gasteiger partial charge in [0.2, 0.25) is 0 Å². The number of pyridine rings is 1. The minimum Gasteiger partial charge on any atom is -0.370 e. The van der Waals surface area contributed by atoms with Gasteiger partial charge in [0.15, 0.2) is 0 Å². The summed E-state index contributed by atoms with van der Waals surface area (Å²) < 4.78 is 5.91. The summed E-state index contributed by atoms with van der Waals surface area (Å²) in [5, 5.41) is 0.874. The Morgan fingerprint density at radius 2 is 2.10 bits per heavy atom. The van der Waals surface area contributed by atoms with E-state index in [1.807, 2.05) is 54.4 Å². The summed E-state index contributed by atoms with van der Waals surface area (Å²) in [5.41, 5.74) is 3.97. The van der Waals surface area contributed by atoms with Gasteiger partial charge in [0.1, 0.15) is 16.0 Å². The Morgan fingerprint density at radius 1 is 1.28 bits per heavy atom. The fraction of sp³-hybridized carbons (Fsp3) is 0.348. The van der Waals surface area contributed by atoms with Crippen molar-refractivity contribution in [3.8, 4) is 10.6 Å². The number of benzene rings is 1. The molecule has 3 aromatic rings. The van der Waals surface area contributed by atoms with Crippen LogP contribution < -0.4 is 0 Å². The molecule has 3 heterocycles. The molecular formula is C23H25N3O2S. The second-order valence-corrected chi connectivity index (χ2v) is 8.24. The van der Waals surface area contributed by atoms with E-state index >= 15 is 0 Å². The number of carbonyl (C=O) groups excluding carboxylic acids is 1. The molecule has 1 atom stereocenters. The highest BCUT2D eigenvalue weighted by molar-refractivity contribution is 7.17. The second kappa shape index (κ2) is 8.84. The maximum Gasteiger partial charge on any atom is 0.266 e. The van der Waals surface area contributed by atoms with Crippen LogP contribution in [0.3, 0.4) is 0 Å². The summed E-state index contributed by atoms with van der Waals surface area (Å²) in [6.45, 7) is 5.76. The number of nitrogens with zero attached hydrogens (tertiary/aromatic N) is 3. The quantitative estimate of drug-likeness (QED) is 0.616. The lowest BCUT2D eigenvalue weighted by Gasteiger charge is -2.33. The highest BCUT2D eigenvalue weighted by Gasteiger charge is 2.28. The standard InChI is InChI=1S/C23H25N3O2S/c1-3-7-19-14-18(10-11-24-19)22-25-16(2)21(29-22)23(27)26-12-13-28-20(15-26)17-8-5-4-6-9-17/h4-6,8-11,14,20H,3,7,12-13,15H2,1-2H3/t20-/m0/s1. The highest BCUT2D eigenvalue weighted by atomic mass is 32.1. The molecule has 1 saturated heterocycles. The van der Waals surface area contributed by atoms with Crippen LogP contribution in [0.1, 0.15) is 46.1 Å². The maximum absolute atomic E-state index is 13.2. The minimum atomic E-state index is -0.0848. The van der Waals surface area contributed by atoms with Crippen LogP contribution in [-0.4, -0.2) is 40.5 Å². The summed E-state index contributed by atoms with van der Waals surface area (Å²) in [6.07, 6.45) is 3.73. The van der Waals surface area contributed by atoms with Gasteiger partial charge in [-0.15, -0.1) is 11.3 Å². The van der Waals surface area contributed by atoms with E-state index < -0.39 is 0 Å². The molecule has 1 aliphatic heterocycles. The third kappa shape index (κ3) is 4.38. The first-order valence-corrected chi connectivity index (χ1v) is 10.9. The van der Waals surface area contributed by atoms with Gasteiger partial charge < -0.3 is 9.64 Å². The number of rotatable bonds is 5. The largest absolute Gasteiger partial charge is 0.370 e. The SMILES string of the molecule is CCCc1cc(-c2nc(C)c(C(=O)N3CCO[C@H](c4ccccc4)C3)s2)ccn1. The number of morpholine rings is 1. The van der Waals surface area contributed by atoms with Crippen molar-refractivity contribution in [1.82, 2.24) is 14.9 Å². The molecule has 0 bridgehead atoms. The van der Waals surface area contributed by atoms with Crippen molar-refractivity contribution < 1.29 is 9.53 Å². The molecule has 5 nitrogen and oxygen atoms in total. The smallest absolute Gasteiger partial charge is 0.266 e. The fourth-order valence-corrected chi connectivity index (χ4v) is 4.60. The van der Waals surface area contributed by atoms with E-state index in [2.05, 4.69) is 23.0 Å². The van der Waals surface area contributed by atoms with Crippen LogP contribution in [0.4, 0.5) is 0 Å². The number of aryl methyl sites for hydroxylation is 2. The number of amides is 1. The minimum absolute atomic E-state index is 0.0401. The summed E-state index contributed by atoms with van der Waals surface area (Å²) in [6, 6.07) is 14.1. The number of carbonyl (C=O) groups is 1. The van der Waals surface area contributed by atoms with Crippen LogP contribution in [0.2, 0.25) is 0 Å². The number of aromatic nitrogens is 2. The van der Waals surface area contributed by atoms with E-state index in [-0.39, 0.29) is 12.0 Å². The monoisotopic (exact) mass is 407 g/mol. The molecule has 0 saturated carbocycles. The Balaban J connectivity index is 1.54. The third-order valence-electron chi connectivity index (χ3n) is 5.09. The van der Waals surface area contributed by atoms with Gasteiger partial charge in [-0.2, -0.15) is 0 Å². The molecule has 0 unspecified atom stereocenters. The van der Waals surface area contributed by atoms with Crippen molar-refractivity contribution >= 4 is 17.2 Å². The Hall–Kier alpha value is -2.57. The Kier molecular flexibility index (Phi) is 6.02. The second-order valence-electron chi connectivity index (χ2n) is 7.24. The van der Waals surface area contributed by atoms with Crippen molar-refractivity contribution in [2.45, 2.75) is 32.8 Å². The normalized spacial score (nSPS) is 16.8. The molecular weight excluding hydrogens is 382 g/mol. The van der Waals surface area contributed by atoms with Crippen LogP contribution in [0.5, 0.6) is 0 Å². The van der Waals surface area contributed by atoms with Gasteiger partial charge in [-0.05, 0) is 31.0 Å². The average Bonchev–Trinajstić information content (AvgIpc) is 3.16. The van der Waals surface area contributed by atoms with E-state index in [4.69, 9.17) is 4.74 Å². The molecule has 0 radical (unpaired) electrons. The topological polar surface area (TPSA) is 55.3 Å². The lowest BCUT2D eigenvalue weighted by atomic mass is 10.1. The Morgan fingerprint density at radius 3 is 2.90 bits per heavy atom. The number of hydrogen-bond acceptors (Lipinski definition) is 5. The lowest BCUT2D eigenvalue weighted by molar-refractivity contribution is -0.0226. The first kappa shape index (κ1) is 19.7. The van der Waals surface area contributed by atoms with Crippen molar-refractivity contribution in [2.24, 2.45) is 0 Å². The molecule has 150 valence electrons. The van der Waals surface area contributed by atoms with Crippen LogP contribution in [0, 0.1) is 6.92 Å². The summed E-state index contributed by atoms with van der Waals surface area (Å²) >= 11 is 1.47. The summed E-state index contributed by atoms with van der Waals surface area (Å²) in [5.74, 6) is 0.0401. The van der Waals surface area contributed by atoms with Gasteiger partial charge >= 0.3 is 0 Å². The van der Waals surface area contributed by atoms with E-state index in [1.165, 1.54) is 11.3 Å². The maximum atomic E-state index is 13.2. The van der Waals surface area contributed by atoms with Crippen molar-refractivity contribution in [1.29, 1.82) is 0 Å². The zero-order valence-corrected chi connectivity index (χ0v) is 17.6. The molecule has 1 aliphatic rings. The summed E-state index contributed by atoms with van der Waals surface area (Å²) in [7, 11) is 0. The first-order valence-electron chi connectivity index (χ1n) is 10.0. The van der Waals surface area contributed by atoms with E-state index in [0.717, 1.165) is 40.4 Å². The number of thiazole rings is 1. The van der Waals surface area contributed by atoms with Crippen molar-refractivity contribution in [2.75, 3.05) is 19.7 Å². The predicted molar refractivity (Wildman–Crippen MR) is 115 cm³/mol. The van der Waals surface area contributed by atoms with E-state index in [1.54, 1.807) is 0 Å². The lowest BCUT2D eigenvalue weighted by Crippen LogP contribution is -2.42. The van der Waals surface area contributed by atoms with Gasteiger partial charge in [0, 0.05) is 24.0 Å². The van der Waals surface area contributed by atoms with Gasteiger partial charge in [-0.1, -0.05) is 43.7 Å². The molecule has 4 rings (SSSR count). The Labute approximate surface area is 175 Å². The molecule has 6 heteroatoms. The first-order chi connectivity index (χ1) is 14.2. The van der Waals surface area contributed by atoms with Crippen LogP contribution >= 0.6 is 11.3 Å². The Bertz CT molecular complexity index is 987. The highest BCUT2D eigenvalue weighted by Crippen LogP contribution is 2.30. The average molecular weight is 408 g/mol. The molecule has 0 aliphatic carbocycles. The zero-order valence-electron chi connectivity index (χ0n) is 16.8. The molecule has 1 aromatic carbocycles. The molecule has 1 fully saturated rings.